The largest absolute Gasteiger partial charge is 0.399 e. The van der Waals surface area contributed by atoms with Crippen LogP contribution >= 0.6 is 11.6 Å². The van der Waals surface area contributed by atoms with Crippen LogP contribution in [0.4, 0.5) is 5.69 Å². The smallest absolute Gasteiger partial charge is 0.231 e. The van der Waals surface area contributed by atoms with Gasteiger partial charge in [0.2, 0.25) is 6.56 Å². The Morgan fingerprint density at radius 2 is 1.94 bits per heavy atom. The average molecular weight is 249 g/mol. The molecule has 1 heterocycles. The Morgan fingerprint density at radius 3 is 2.83 bits per heavy atom. The zero-order valence-corrected chi connectivity index (χ0v) is 11.0. The van der Waals surface area contributed by atoms with E-state index in [2.05, 4.69) is 37.3 Å². The summed E-state index contributed by atoms with van der Waals surface area (Å²) >= 11 is 1.94. The van der Waals surface area contributed by atoms with Crippen molar-refractivity contribution in [3.05, 3.63) is 42.0 Å². The van der Waals surface area contributed by atoms with Gasteiger partial charge in [-0.3, -0.25) is 0 Å². The summed E-state index contributed by atoms with van der Waals surface area (Å²) in [7, 11) is 0. The molecule has 2 N–H and O–H groups in total. The first kappa shape index (κ1) is 10.3. The first-order valence-corrected chi connectivity index (χ1v) is 7.10. The SMILES string of the molecule is Cc1ccc2c3c(c4cc(N)ccc4cc13)SB2. The number of rotatable bonds is 0. The van der Waals surface area contributed by atoms with Gasteiger partial charge < -0.3 is 5.73 Å². The van der Waals surface area contributed by atoms with Crippen LogP contribution in [0.25, 0.3) is 21.5 Å². The van der Waals surface area contributed by atoms with Gasteiger partial charge in [-0.1, -0.05) is 23.7 Å². The minimum Gasteiger partial charge on any atom is -0.399 e. The van der Waals surface area contributed by atoms with E-state index in [9.17, 15) is 0 Å². The number of nitrogen functional groups attached to an aromatic ring is 1. The second kappa shape index (κ2) is 3.45. The molecule has 0 saturated carbocycles. The Kier molecular flexibility index (Phi) is 1.98. The molecule has 0 aromatic heterocycles. The topological polar surface area (TPSA) is 26.0 Å². The van der Waals surface area contributed by atoms with Gasteiger partial charge in [-0.2, -0.15) is 11.6 Å². The third-order valence-corrected chi connectivity index (χ3v) is 4.94. The van der Waals surface area contributed by atoms with Crippen molar-refractivity contribution < 1.29 is 0 Å². The third kappa shape index (κ3) is 1.25. The van der Waals surface area contributed by atoms with E-state index in [1.54, 1.807) is 0 Å². The van der Waals surface area contributed by atoms with Crippen LogP contribution in [-0.2, 0) is 0 Å². The van der Waals surface area contributed by atoms with E-state index < -0.39 is 0 Å². The first-order valence-electron chi connectivity index (χ1n) is 6.11. The number of anilines is 1. The van der Waals surface area contributed by atoms with Crippen LogP contribution in [0.5, 0.6) is 0 Å². The molecule has 0 bridgehead atoms. The molecule has 3 aromatic carbocycles. The number of hydrogen-bond acceptors (Lipinski definition) is 2. The van der Waals surface area contributed by atoms with Gasteiger partial charge in [-0.25, -0.2) is 0 Å². The van der Waals surface area contributed by atoms with Crippen LogP contribution in [0, 0.1) is 6.92 Å². The van der Waals surface area contributed by atoms with E-state index >= 15 is 0 Å². The molecule has 0 aliphatic carbocycles. The lowest BCUT2D eigenvalue weighted by atomic mass is 9.86. The van der Waals surface area contributed by atoms with Gasteiger partial charge in [0.25, 0.3) is 0 Å². The van der Waals surface area contributed by atoms with Gasteiger partial charge in [0.15, 0.2) is 0 Å². The van der Waals surface area contributed by atoms with E-state index in [1.807, 2.05) is 17.7 Å². The molecule has 1 aliphatic heterocycles. The molecule has 0 atom stereocenters. The Bertz CT molecular complexity index is 811. The van der Waals surface area contributed by atoms with Crippen LogP contribution in [0.3, 0.4) is 0 Å². The standard InChI is InChI=1S/C15H12BNS/c1-8-2-5-13-14-11(8)6-9-3-4-10(17)7-12(9)15(14)18-16-13/h2-7,16H,17H2,1H3. The number of hydrogen-bond donors (Lipinski definition) is 1. The van der Waals surface area contributed by atoms with E-state index in [4.69, 9.17) is 5.73 Å². The fourth-order valence-corrected chi connectivity index (χ4v) is 4.09. The third-order valence-electron chi connectivity index (χ3n) is 3.77. The van der Waals surface area contributed by atoms with Crippen molar-refractivity contribution in [2.24, 2.45) is 0 Å². The van der Waals surface area contributed by atoms with Gasteiger partial charge in [-0.15, -0.1) is 0 Å². The zero-order valence-electron chi connectivity index (χ0n) is 10.2. The second-order valence-electron chi connectivity index (χ2n) is 4.94. The van der Waals surface area contributed by atoms with Crippen molar-refractivity contribution >= 4 is 50.9 Å². The minimum atomic E-state index is 0.847. The van der Waals surface area contributed by atoms with Crippen LogP contribution in [0.2, 0.25) is 0 Å². The number of aryl methyl sites for hydroxylation is 1. The summed E-state index contributed by atoms with van der Waals surface area (Å²) < 4.78 is 0. The van der Waals surface area contributed by atoms with Gasteiger partial charge >= 0.3 is 0 Å². The van der Waals surface area contributed by atoms with Crippen molar-refractivity contribution in [3.8, 4) is 0 Å². The van der Waals surface area contributed by atoms with Crippen molar-refractivity contribution in [2.45, 2.75) is 11.8 Å². The van der Waals surface area contributed by atoms with Gasteiger partial charge in [0.1, 0.15) is 0 Å². The molecular weight excluding hydrogens is 237 g/mol. The summed E-state index contributed by atoms with van der Waals surface area (Å²) in [5.74, 6) is 0. The monoisotopic (exact) mass is 249 g/mol. The number of nitrogens with two attached hydrogens (primary N) is 1. The molecule has 86 valence electrons. The quantitative estimate of drug-likeness (QED) is 0.376. The normalized spacial score (nSPS) is 13.2. The van der Waals surface area contributed by atoms with Crippen LogP contribution < -0.4 is 11.2 Å². The highest BCUT2D eigenvalue weighted by molar-refractivity contribution is 8.24. The van der Waals surface area contributed by atoms with Crippen molar-refractivity contribution in [1.82, 2.24) is 0 Å². The number of fused-ring (bicyclic) bond motifs is 2. The maximum absolute atomic E-state index is 5.93. The lowest BCUT2D eigenvalue weighted by molar-refractivity contribution is 1.53. The van der Waals surface area contributed by atoms with Crippen LogP contribution in [0.15, 0.2) is 41.3 Å². The molecule has 3 heteroatoms. The minimum absolute atomic E-state index is 0.847. The first-order chi connectivity index (χ1) is 8.74. The molecule has 0 saturated heterocycles. The highest BCUT2D eigenvalue weighted by Gasteiger charge is 2.19. The molecule has 18 heavy (non-hydrogen) atoms. The highest BCUT2D eigenvalue weighted by Crippen LogP contribution is 2.39. The molecule has 1 nitrogen and oxygen atoms in total. The maximum atomic E-state index is 5.93. The molecule has 0 spiro atoms. The summed E-state index contributed by atoms with van der Waals surface area (Å²) in [5, 5.41) is 5.43. The second-order valence-corrected chi connectivity index (χ2v) is 5.92. The molecule has 0 fully saturated rings. The number of benzene rings is 3. The molecule has 0 radical (unpaired) electrons. The predicted molar refractivity (Wildman–Crippen MR) is 83.2 cm³/mol. The van der Waals surface area contributed by atoms with Gasteiger partial charge in [0.05, 0.1) is 0 Å². The molecular formula is C15H12BNS. The predicted octanol–water partition coefficient (Wildman–Crippen LogP) is 2.97. The van der Waals surface area contributed by atoms with Gasteiger partial charge in [-0.05, 0) is 52.2 Å². The van der Waals surface area contributed by atoms with Crippen molar-refractivity contribution in [1.29, 1.82) is 0 Å². The van der Waals surface area contributed by atoms with Gasteiger partial charge in [0, 0.05) is 10.6 Å². The summed E-state index contributed by atoms with van der Waals surface area (Å²) in [4.78, 5) is 1.41. The molecule has 4 rings (SSSR count). The molecule has 3 aromatic rings. The fourth-order valence-electron chi connectivity index (χ4n) is 2.83. The van der Waals surface area contributed by atoms with E-state index in [0.29, 0.717) is 0 Å². The summed E-state index contributed by atoms with van der Waals surface area (Å²) in [5.41, 5.74) is 9.59. The maximum Gasteiger partial charge on any atom is 0.231 e. The Hall–Kier alpha value is -1.61. The van der Waals surface area contributed by atoms with E-state index in [-0.39, 0.29) is 0 Å². The molecule has 0 unspecified atom stereocenters. The van der Waals surface area contributed by atoms with Crippen LogP contribution in [0.1, 0.15) is 5.56 Å². The fraction of sp³-hybridized carbons (Fsp3) is 0.0667. The van der Waals surface area contributed by atoms with E-state index in [0.717, 1.165) is 12.2 Å². The Morgan fingerprint density at radius 1 is 1.06 bits per heavy atom. The summed E-state index contributed by atoms with van der Waals surface area (Å²) in [6.07, 6.45) is 0. The van der Waals surface area contributed by atoms with Crippen LogP contribution in [-0.4, -0.2) is 6.56 Å². The Balaban J connectivity index is 2.30. The lowest BCUT2D eigenvalue weighted by Crippen LogP contribution is -2.06. The average Bonchev–Trinajstić information content (AvgIpc) is 2.79. The Labute approximate surface area is 111 Å². The lowest BCUT2D eigenvalue weighted by Gasteiger charge is -2.09. The van der Waals surface area contributed by atoms with Crippen molar-refractivity contribution in [3.63, 3.8) is 0 Å². The summed E-state index contributed by atoms with van der Waals surface area (Å²) in [6.45, 7) is 3.27. The van der Waals surface area contributed by atoms with Crippen molar-refractivity contribution in [2.75, 3.05) is 5.73 Å². The zero-order chi connectivity index (χ0) is 12.3. The highest BCUT2D eigenvalue weighted by atomic mass is 32.2. The van der Waals surface area contributed by atoms with E-state index in [1.165, 1.54) is 37.5 Å². The molecule has 0 amide bonds. The summed E-state index contributed by atoms with van der Waals surface area (Å²) in [6, 6.07) is 13.0. The molecule has 1 aliphatic rings.